The van der Waals surface area contributed by atoms with Gasteiger partial charge in [-0.2, -0.15) is 13.2 Å². The van der Waals surface area contributed by atoms with E-state index in [1.807, 2.05) is 0 Å². The van der Waals surface area contributed by atoms with Gasteiger partial charge in [-0.25, -0.2) is 4.39 Å². The molecule has 0 unspecified atom stereocenters. The molecule has 0 saturated heterocycles. The zero-order chi connectivity index (χ0) is 25.7. The zero-order valence-corrected chi connectivity index (χ0v) is 22.4. The Morgan fingerprint density at radius 1 is 0.778 bits per heavy atom. The van der Waals surface area contributed by atoms with Crippen molar-refractivity contribution in [1.82, 2.24) is 0 Å². The van der Waals surface area contributed by atoms with Crippen LogP contribution in [0.4, 0.5) is 17.6 Å². The van der Waals surface area contributed by atoms with Gasteiger partial charge in [-0.1, -0.05) is 64.9 Å². The van der Waals surface area contributed by atoms with Crippen LogP contribution in [0.3, 0.4) is 0 Å². The van der Waals surface area contributed by atoms with E-state index in [1.54, 1.807) is 0 Å². The molecule has 0 bridgehead atoms. The summed E-state index contributed by atoms with van der Waals surface area (Å²) < 4.78 is 62.5. The number of halogens is 4. The van der Waals surface area contributed by atoms with E-state index in [0.717, 1.165) is 62.2 Å². The highest BCUT2D eigenvalue weighted by molar-refractivity contribution is 5.39. The average molecular weight is 511 g/mol. The van der Waals surface area contributed by atoms with Gasteiger partial charge in [0.25, 0.3) is 0 Å². The number of hydrogen-bond acceptors (Lipinski definition) is 1. The van der Waals surface area contributed by atoms with E-state index in [1.165, 1.54) is 57.1 Å². The topological polar surface area (TPSA) is 9.23 Å². The van der Waals surface area contributed by atoms with Gasteiger partial charge < -0.3 is 4.74 Å². The van der Waals surface area contributed by atoms with Crippen LogP contribution >= 0.6 is 0 Å². The van der Waals surface area contributed by atoms with Gasteiger partial charge in [0, 0.05) is 0 Å². The summed E-state index contributed by atoms with van der Waals surface area (Å²) in [7, 11) is 0. The van der Waals surface area contributed by atoms with Crippen LogP contribution in [-0.4, -0.2) is 6.61 Å². The number of rotatable bonds is 8. The fourth-order valence-corrected chi connectivity index (χ4v) is 7.30. The maximum atomic E-state index is 15.1. The van der Waals surface area contributed by atoms with Crippen LogP contribution < -0.4 is 4.74 Å². The maximum Gasteiger partial charge on any atom is 0.419 e. The normalized spacial score (nSPS) is 31.8. The molecule has 0 amide bonds. The molecule has 1 nitrogen and oxygen atoms in total. The van der Waals surface area contributed by atoms with Gasteiger partial charge in [0.15, 0.2) is 11.6 Å². The molecule has 4 rings (SSSR count). The molecule has 0 heterocycles. The quantitative estimate of drug-likeness (QED) is 0.316. The minimum atomic E-state index is -4.71. The Bertz CT molecular complexity index is 811. The first-order valence-electron chi connectivity index (χ1n) is 14.8. The molecule has 5 heteroatoms. The zero-order valence-electron chi connectivity index (χ0n) is 22.4. The molecule has 204 valence electrons. The maximum absolute atomic E-state index is 15.1. The number of alkyl halides is 3. The Kier molecular flexibility index (Phi) is 9.66. The van der Waals surface area contributed by atoms with Crippen LogP contribution in [-0.2, 0) is 12.6 Å². The molecule has 0 N–H and O–H groups in total. The molecule has 1 aromatic rings. The van der Waals surface area contributed by atoms with Crippen molar-refractivity contribution in [2.45, 2.75) is 116 Å². The molecule has 3 fully saturated rings. The molecule has 3 aliphatic carbocycles. The second-order valence-corrected chi connectivity index (χ2v) is 12.4. The first-order chi connectivity index (χ1) is 17.2. The van der Waals surface area contributed by atoms with Crippen LogP contribution in [0, 0.1) is 41.3 Å². The van der Waals surface area contributed by atoms with Crippen LogP contribution in [0.15, 0.2) is 12.1 Å². The summed E-state index contributed by atoms with van der Waals surface area (Å²) >= 11 is 0. The summed E-state index contributed by atoms with van der Waals surface area (Å²) in [5, 5.41) is 0. The van der Waals surface area contributed by atoms with E-state index in [-0.39, 0.29) is 17.7 Å². The van der Waals surface area contributed by atoms with E-state index in [9.17, 15) is 13.2 Å². The lowest BCUT2D eigenvalue weighted by Crippen LogP contribution is -2.25. The predicted octanol–water partition coefficient (Wildman–Crippen LogP) is 10.0. The molecule has 1 aromatic carbocycles. The van der Waals surface area contributed by atoms with Gasteiger partial charge in [-0.3, -0.25) is 0 Å². The summed E-state index contributed by atoms with van der Waals surface area (Å²) in [6, 6.07) is 2.89. The lowest BCUT2D eigenvalue weighted by atomic mass is 9.69. The van der Waals surface area contributed by atoms with E-state index >= 15 is 4.39 Å². The van der Waals surface area contributed by atoms with Crippen molar-refractivity contribution in [3.05, 3.63) is 29.1 Å². The Morgan fingerprint density at radius 2 is 1.33 bits per heavy atom. The summed E-state index contributed by atoms with van der Waals surface area (Å²) in [6.07, 6.45) is 11.7. The largest absolute Gasteiger partial charge is 0.490 e. The van der Waals surface area contributed by atoms with Crippen LogP contribution in [0.1, 0.15) is 115 Å². The van der Waals surface area contributed by atoms with Crippen molar-refractivity contribution in [3.8, 4) is 5.75 Å². The molecular weight excluding hydrogens is 464 g/mol. The molecule has 36 heavy (non-hydrogen) atoms. The van der Waals surface area contributed by atoms with Gasteiger partial charge in [0.2, 0.25) is 0 Å². The SMILES string of the molecule is CCC1CCC(COc2ccc(CCC3CCC(C4CCC(C)CC4)CC3)c(C(F)(F)F)c2F)CC1. The highest BCUT2D eigenvalue weighted by Gasteiger charge is 2.39. The molecule has 0 aliphatic heterocycles. The minimum absolute atomic E-state index is 0.0826. The average Bonchev–Trinajstić information content (AvgIpc) is 2.87. The van der Waals surface area contributed by atoms with Gasteiger partial charge in [0.1, 0.15) is 0 Å². The Hall–Kier alpha value is -1.26. The van der Waals surface area contributed by atoms with Crippen molar-refractivity contribution in [3.63, 3.8) is 0 Å². The summed E-state index contributed by atoms with van der Waals surface area (Å²) in [5.41, 5.74) is -1.03. The molecule has 0 spiro atoms. The standard InChI is InChI=1S/C31H46F4O/c1-3-22-6-8-24(9-7-22)20-36-28-19-18-27(29(30(28)32)31(33,34)35)17-12-23-10-15-26(16-11-23)25-13-4-21(2)5-14-25/h18-19,21-26H,3-17,20H2,1-2H3. The highest BCUT2D eigenvalue weighted by atomic mass is 19.4. The molecule has 3 aliphatic rings. The molecule has 0 atom stereocenters. The highest BCUT2D eigenvalue weighted by Crippen LogP contribution is 2.43. The Morgan fingerprint density at radius 3 is 1.92 bits per heavy atom. The molecule has 0 aromatic heterocycles. The van der Waals surface area contributed by atoms with E-state index in [2.05, 4.69) is 13.8 Å². The number of aryl methyl sites for hydroxylation is 1. The monoisotopic (exact) mass is 510 g/mol. The minimum Gasteiger partial charge on any atom is -0.490 e. The third kappa shape index (κ3) is 7.19. The predicted molar refractivity (Wildman–Crippen MR) is 138 cm³/mol. The van der Waals surface area contributed by atoms with Crippen molar-refractivity contribution in [1.29, 1.82) is 0 Å². The van der Waals surface area contributed by atoms with Crippen molar-refractivity contribution in [2.75, 3.05) is 6.61 Å². The molecule has 3 saturated carbocycles. The van der Waals surface area contributed by atoms with E-state index in [0.29, 0.717) is 24.9 Å². The fourth-order valence-electron chi connectivity index (χ4n) is 7.30. The third-order valence-corrected chi connectivity index (χ3v) is 9.94. The Balaban J connectivity index is 1.31. The van der Waals surface area contributed by atoms with Crippen molar-refractivity contribution < 1.29 is 22.3 Å². The van der Waals surface area contributed by atoms with Crippen LogP contribution in [0.5, 0.6) is 5.75 Å². The molecule has 0 radical (unpaired) electrons. The van der Waals surface area contributed by atoms with Gasteiger partial charge in [-0.15, -0.1) is 0 Å². The van der Waals surface area contributed by atoms with Gasteiger partial charge in [0.05, 0.1) is 12.2 Å². The first-order valence-corrected chi connectivity index (χ1v) is 14.8. The number of ether oxygens (including phenoxy) is 1. The lowest BCUT2D eigenvalue weighted by Gasteiger charge is -2.37. The van der Waals surface area contributed by atoms with Crippen molar-refractivity contribution >= 4 is 0 Å². The number of benzene rings is 1. The van der Waals surface area contributed by atoms with E-state index < -0.39 is 17.6 Å². The van der Waals surface area contributed by atoms with Crippen LogP contribution in [0.25, 0.3) is 0 Å². The van der Waals surface area contributed by atoms with Crippen molar-refractivity contribution in [2.24, 2.45) is 35.5 Å². The molecular formula is C31H46F4O. The second kappa shape index (κ2) is 12.5. The Labute approximate surface area is 215 Å². The summed E-state index contributed by atoms with van der Waals surface area (Å²) in [4.78, 5) is 0. The number of hydrogen-bond donors (Lipinski definition) is 0. The van der Waals surface area contributed by atoms with Crippen LogP contribution in [0.2, 0.25) is 0 Å². The lowest BCUT2D eigenvalue weighted by molar-refractivity contribution is -0.140. The second-order valence-electron chi connectivity index (χ2n) is 12.4. The smallest absolute Gasteiger partial charge is 0.419 e. The summed E-state index contributed by atoms with van der Waals surface area (Å²) in [6.45, 7) is 4.84. The third-order valence-electron chi connectivity index (χ3n) is 9.94. The van der Waals surface area contributed by atoms with Gasteiger partial charge in [-0.05, 0) is 98.5 Å². The van der Waals surface area contributed by atoms with E-state index in [4.69, 9.17) is 4.74 Å². The first kappa shape index (κ1) is 27.8. The fraction of sp³-hybridized carbons (Fsp3) is 0.806. The van der Waals surface area contributed by atoms with Gasteiger partial charge >= 0.3 is 6.18 Å². The summed E-state index contributed by atoms with van der Waals surface area (Å²) in [5.74, 6) is 2.52.